The number of hydrogen-bond donors (Lipinski definition) is 1. The van der Waals surface area contributed by atoms with Gasteiger partial charge in [0.05, 0.1) is 10.7 Å². The number of anilines is 1. The molecule has 88 valence electrons. The maximum Gasteiger partial charge on any atom is 0.0638 e. The molecular weight excluding hydrogens is 220 g/mol. The van der Waals surface area contributed by atoms with E-state index in [9.17, 15) is 0 Å². The molecule has 0 spiro atoms. The van der Waals surface area contributed by atoms with E-state index in [0.29, 0.717) is 10.7 Å². The molecule has 1 saturated carbocycles. The van der Waals surface area contributed by atoms with E-state index < -0.39 is 0 Å². The lowest BCUT2D eigenvalue weighted by Gasteiger charge is -2.30. The SMILES string of the molecule is CN(Cc1ccc(N)c(Cl)c1)CC1CCC1. The van der Waals surface area contributed by atoms with Gasteiger partial charge in [-0.15, -0.1) is 0 Å². The molecule has 0 aromatic heterocycles. The van der Waals surface area contributed by atoms with Crippen molar-refractivity contribution in [3.05, 3.63) is 28.8 Å². The van der Waals surface area contributed by atoms with Gasteiger partial charge in [0.15, 0.2) is 0 Å². The fourth-order valence-corrected chi connectivity index (χ4v) is 2.36. The summed E-state index contributed by atoms with van der Waals surface area (Å²) in [6.07, 6.45) is 4.20. The summed E-state index contributed by atoms with van der Waals surface area (Å²) in [6, 6.07) is 5.90. The predicted molar refractivity (Wildman–Crippen MR) is 69.5 cm³/mol. The zero-order valence-corrected chi connectivity index (χ0v) is 10.5. The molecule has 0 bridgehead atoms. The number of rotatable bonds is 4. The van der Waals surface area contributed by atoms with Gasteiger partial charge in [-0.1, -0.05) is 24.1 Å². The molecule has 16 heavy (non-hydrogen) atoms. The number of hydrogen-bond acceptors (Lipinski definition) is 2. The maximum atomic E-state index is 6.00. The van der Waals surface area contributed by atoms with Crippen LogP contribution in [0.1, 0.15) is 24.8 Å². The quantitative estimate of drug-likeness (QED) is 0.817. The third-order valence-corrected chi connectivity index (χ3v) is 3.64. The Morgan fingerprint density at radius 3 is 2.75 bits per heavy atom. The second-order valence-electron chi connectivity index (χ2n) is 4.85. The van der Waals surface area contributed by atoms with E-state index in [1.807, 2.05) is 12.1 Å². The second kappa shape index (κ2) is 5.07. The molecule has 1 aromatic carbocycles. The highest BCUT2D eigenvalue weighted by atomic mass is 35.5. The van der Waals surface area contributed by atoms with Crippen LogP contribution in [0.2, 0.25) is 5.02 Å². The lowest BCUT2D eigenvalue weighted by atomic mass is 9.85. The van der Waals surface area contributed by atoms with Crippen molar-refractivity contribution in [2.75, 3.05) is 19.3 Å². The van der Waals surface area contributed by atoms with Gasteiger partial charge in [-0.25, -0.2) is 0 Å². The van der Waals surface area contributed by atoms with Crippen LogP contribution < -0.4 is 5.73 Å². The van der Waals surface area contributed by atoms with Crippen molar-refractivity contribution in [3.63, 3.8) is 0 Å². The Kier molecular flexibility index (Phi) is 3.72. The Morgan fingerprint density at radius 2 is 2.19 bits per heavy atom. The van der Waals surface area contributed by atoms with Gasteiger partial charge in [-0.2, -0.15) is 0 Å². The van der Waals surface area contributed by atoms with E-state index in [0.717, 1.165) is 12.5 Å². The molecule has 1 aliphatic carbocycles. The highest BCUT2D eigenvalue weighted by Gasteiger charge is 2.18. The first kappa shape index (κ1) is 11.7. The second-order valence-corrected chi connectivity index (χ2v) is 5.26. The van der Waals surface area contributed by atoms with E-state index in [4.69, 9.17) is 17.3 Å². The first-order chi connectivity index (χ1) is 7.65. The molecule has 1 aromatic rings. The lowest BCUT2D eigenvalue weighted by Crippen LogP contribution is -2.29. The van der Waals surface area contributed by atoms with Crippen molar-refractivity contribution in [3.8, 4) is 0 Å². The minimum absolute atomic E-state index is 0.659. The number of benzene rings is 1. The molecule has 2 N–H and O–H groups in total. The average molecular weight is 239 g/mol. The fraction of sp³-hybridized carbons (Fsp3) is 0.538. The highest BCUT2D eigenvalue weighted by molar-refractivity contribution is 6.33. The highest BCUT2D eigenvalue weighted by Crippen LogP contribution is 2.27. The van der Waals surface area contributed by atoms with E-state index >= 15 is 0 Å². The van der Waals surface area contributed by atoms with E-state index in [-0.39, 0.29) is 0 Å². The first-order valence-electron chi connectivity index (χ1n) is 5.87. The summed E-state index contributed by atoms with van der Waals surface area (Å²) in [7, 11) is 2.17. The van der Waals surface area contributed by atoms with Gasteiger partial charge in [-0.3, -0.25) is 0 Å². The van der Waals surface area contributed by atoms with Gasteiger partial charge < -0.3 is 10.6 Å². The molecule has 0 amide bonds. The van der Waals surface area contributed by atoms with Crippen molar-refractivity contribution in [2.45, 2.75) is 25.8 Å². The van der Waals surface area contributed by atoms with Crippen LogP contribution in [-0.2, 0) is 6.54 Å². The Bertz CT molecular complexity index is 361. The maximum absolute atomic E-state index is 6.00. The monoisotopic (exact) mass is 238 g/mol. The Balaban J connectivity index is 1.89. The number of halogens is 1. The van der Waals surface area contributed by atoms with Crippen LogP contribution in [0.4, 0.5) is 5.69 Å². The zero-order valence-electron chi connectivity index (χ0n) is 9.75. The third kappa shape index (κ3) is 2.89. The molecule has 1 aliphatic rings. The summed E-state index contributed by atoms with van der Waals surface area (Å²) < 4.78 is 0. The minimum atomic E-state index is 0.659. The molecular formula is C13H19ClN2. The van der Waals surface area contributed by atoms with Gasteiger partial charge in [0.1, 0.15) is 0 Å². The van der Waals surface area contributed by atoms with Crippen LogP contribution in [0.3, 0.4) is 0 Å². The summed E-state index contributed by atoms with van der Waals surface area (Å²) >= 11 is 6.00. The molecule has 0 radical (unpaired) electrons. The molecule has 0 atom stereocenters. The van der Waals surface area contributed by atoms with E-state index in [1.165, 1.54) is 31.4 Å². The molecule has 3 heteroatoms. The van der Waals surface area contributed by atoms with E-state index in [2.05, 4.69) is 18.0 Å². The van der Waals surface area contributed by atoms with Crippen LogP contribution >= 0.6 is 11.6 Å². The van der Waals surface area contributed by atoms with Gasteiger partial charge >= 0.3 is 0 Å². The Morgan fingerprint density at radius 1 is 1.44 bits per heavy atom. The first-order valence-corrected chi connectivity index (χ1v) is 6.25. The molecule has 2 rings (SSSR count). The van der Waals surface area contributed by atoms with Crippen molar-refractivity contribution < 1.29 is 0 Å². The van der Waals surface area contributed by atoms with Crippen LogP contribution in [0, 0.1) is 5.92 Å². The Labute approximate surface area is 102 Å². The normalized spacial score (nSPS) is 16.4. The third-order valence-electron chi connectivity index (χ3n) is 3.31. The van der Waals surface area contributed by atoms with Crippen LogP contribution in [-0.4, -0.2) is 18.5 Å². The van der Waals surface area contributed by atoms with Crippen molar-refractivity contribution >= 4 is 17.3 Å². The largest absolute Gasteiger partial charge is 0.398 e. The summed E-state index contributed by atoms with van der Waals surface area (Å²) in [4.78, 5) is 2.37. The summed E-state index contributed by atoms with van der Waals surface area (Å²) in [5, 5.41) is 0.662. The fourth-order valence-electron chi connectivity index (χ4n) is 2.16. The Hall–Kier alpha value is -0.730. The number of nitrogens with zero attached hydrogens (tertiary/aromatic N) is 1. The standard InChI is InChI=1S/C13H19ClN2/c1-16(8-10-3-2-4-10)9-11-5-6-13(15)12(14)7-11/h5-7,10H,2-4,8-9,15H2,1H3. The molecule has 0 saturated heterocycles. The van der Waals surface area contributed by atoms with Gasteiger partial charge in [0.25, 0.3) is 0 Å². The summed E-state index contributed by atoms with van der Waals surface area (Å²) in [6.45, 7) is 2.15. The van der Waals surface area contributed by atoms with Gasteiger partial charge in [-0.05, 0) is 43.5 Å². The van der Waals surface area contributed by atoms with Crippen molar-refractivity contribution in [2.24, 2.45) is 5.92 Å². The minimum Gasteiger partial charge on any atom is -0.398 e. The van der Waals surface area contributed by atoms with E-state index in [1.54, 1.807) is 0 Å². The molecule has 0 heterocycles. The zero-order chi connectivity index (χ0) is 11.5. The summed E-state index contributed by atoms with van der Waals surface area (Å²) in [5.74, 6) is 0.911. The van der Waals surface area contributed by atoms with Gasteiger partial charge in [0, 0.05) is 13.1 Å². The summed E-state index contributed by atoms with van der Waals surface area (Å²) in [5.41, 5.74) is 7.58. The molecule has 2 nitrogen and oxygen atoms in total. The molecule has 1 fully saturated rings. The van der Waals surface area contributed by atoms with Crippen LogP contribution in [0.15, 0.2) is 18.2 Å². The number of nitrogens with two attached hydrogens (primary N) is 1. The van der Waals surface area contributed by atoms with Gasteiger partial charge in [0.2, 0.25) is 0 Å². The lowest BCUT2D eigenvalue weighted by molar-refractivity contribution is 0.200. The number of nitrogen functional groups attached to an aromatic ring is 1. The van der Waals surface area contributed by atoms with Crippen molar-refractivity contribution in [1.82, 2.24) is 4.90 Å². The smallest absolute Gasteiger partial charge is 0.0638 e. The predicted octanol–water partition coefficient (Wildman–Crippen LogP) is 3.15. The topological polar surface area (TPSA) is 29.3 Å². The van der Waals surface area contributed by atoms with Crippen molar-refractivity contribution in [1.29, 1.82) is 0 Å². The average Bonchev–Trinajstić information content (AvgIpc) is 2.18. The molecule has 0 aliphatic heterocycles. The van der Waals surface area contributed by atoms with Crippen LogP contribution in [0.5, 0.6) is 0 Å². The van der Waals surface area contributed by atoms with Crippen LogP contribution in [0.25, 0.3) is 0 Å². The molecule has 0 unspecified atom stereocenters.